The first-order valence-corrected chi connectivity index (χ1v) is 22.6. The fourth-order valence-corrected chi connectivity index (χ4v) is 6.80. The van der Waals surface area contributed by atoms with E-state index in [2.05, 4.69) is 30.5 Å². The van der Waals surface area contributed by atoms with Crippen LogP contribution in [0.4, 0.5) is 0 Å². The second kappa shape index (κ2) is 33.3. The van der Waals surface area contributed by atoms with Crippen molar-refractivity contribution in [3.63, 3.8) is 0 Å². The molecule has 0 aromatic carbocycles. The number of hydrogen-bond donors (Lipinski definition) is 2. The van der Waals surface area contributed by atoms with Gasteiger partial charge in [0.25, 0.3) is 0 Å². The van der Waals surface area contributed by atoms with E-state index in [4.69, 9.17) is 24.0 Å². The third-order valence-electron chi connectivity index (χ3n) is 9.71. The Morgan fingerprint density at radius 3 is 1.61 bits per heavy atom. The SMILES string of the molecule is CCCCCCCCCCCCCCCCCCCC(=O)OC[C@H](COP(=O)(O)O)OC(=O)CCCCCCC/C=C\CC1OC1CCCCC. The molecule has 1 aliphatic rings. The van der Waals surface area contributed by atoms with Crippen LogP contribution in [0.2, 0.25) is 0 Å². The van der Waals surface area contributed by atoms with Crippen LogP contribution in [0, 0.1) is 0 Å². The zero-order valence-electron chi connectivity index (χ0n) is 32.7. The van der Waals surface area contributed by atoms with Crippen molar-refractivity contribution >= 4 is 19.8 Å². The lowest BCUT2D eigenvalue weighted by molar-refractivity contribution is -0.161. The predicted molar refractivity (Wildman–Crippen MR) is 206 cm³/mol. The molecule has 0 radical (unpaired) electrons. The third-order valence-corrected chi connectivity index (χ3v) is 10.2. The van der Waals surface area contributed by atoms with Crippen LogP contribution in [0.15, 0.2) is 12.2 Å². The summed E-state index contributed by atoms with van der Waals surface area (Å²) in [5.41, 5.74) is 0. The van der Waals surface area contributed by atoms with Crippen LogP contribution >= 0.6 is 7.82 Å². The van der Waals surface area contributed by atoms with Crippen molar-refractivity contribution in [2.75, 3.05) is 13.2 Å². The van der Waals surface area contributed by atoms with Gasteiger partial charge < -0.3 is 24.0 Å². The molecule has 1 heterocycles. The van der Waals surface area contributed by atoms with E-state index in [0.29, 0.717) is 18.6 Å². The van der Waals surface area contributed by atoms with Crippen molar-refractivity contribution in [3.8, 4) is 0 Å². The molecule has 0 spiro atoms. The summed E-state index contributed by atoms with van der Waals surface area (Å²) in [5.74, 6) is -0.896. The fraction of sp³-hybridized carbons (Fsp3) is 0.902. The molecule has 2 N–H and O–H groups in total. The van der Waals surface area contributed by atoms with Gasteiger partial charge in [0.2, 0.25) is 0 Å². The lowest BCUT2D eigenvalue weighted by Gasteiger charge is -2.18. The van der Waals surface area contributed by atoms with E-state index in [-0.39, 0.29) is 19.4 Å². The van der Waals surface area contributed by atoms with Crippen LogP contribution < -0.4 is 0 Å². The Bertz CT molecular complexity index is 906. The summed E-state index contributed by atoms with van der Waals surface area (Å²) in [7, 11) is -4.76. The van der Waals surface area contributed by atoms with Gasteiger partial charge in [0.1, 0.15) is 6.61 Å². The highest BCUT2D eigenvalue weighted by Crippen LogP contribution is 2.36. The minimum atomic E-state index is -4.76. The highest BCUT2D eigenvalue weighted by atomic mass is 31.2. The van der Waals surface area contributed by atoms with Gasteiger partial charge in [-0.25, -0.2) is 4.57 Å². The molecule has 2 unspecified atom stereocenters. The fourth-order valence-electron chi connectivity index (χ4n) is 6.44. The Balaban J connectivity index is 2.04. The van der Waals surface area contributed by atoms with Gasteiger partial charge in [0.05, 0.1) is 18.8 Å². The maximum absolute atomic E-state index is 12.4. The van der Waals surface area contributed by atoms with Gasteiger partial charge in [-0.05, 0) is 38.5 Å². The van der Waals surface area contributed by atoms with Gasteiger partial charge in [-0.15, -0.1) is 0 Å². The summed E-state index contributed by atoms with van der Waals surface area (Å²) in [6.45, 7) is 3.66. The van der Waals surface area contributed by atoms with E-state index in [9.17, 15) is 14.2 Å². The summed E-state index contributed by atoms with van der Waals surface area (Å²) in [6, 6.07) is 0. The number of ether oxygens (including phenoxy) is 3. The molecule has 0 saturated carbocycles. The first-order chi connectivity index (χ1) is 24.7. The molecular formula is C41H77O9P. The first kappa shape index (κ1) is 47.8. The summed E-state index contributed by atoms with van der Waals surface area (Å²) < 4.78 is 32.1. The molecule has 0 bridgehead atoms. The van der Waals surface area contributed by atoms with Gasteiger partial charge >= 0.3 is 19.8 Å². The molecule has 51 heavy (non-hydrogen) atoms. The van der Waals surface area contributed by atoms with Gasteiger partial charge in [0.15, 0.2) is 6.10 Å². The van der Waals surface area contributed by atoms with E-state index in [1.165, 1.54) is 116 Å². The summed E-state index contributed by atoms with van der Waals surface area (Å²) in [6.07, 6.45) is 38.2. The topological polar surface area (TPSA) is 132 Å². The van der Waals surface area contributed by atoms with Crippen molar-refractivity contribution in [3.05, 3.63) is 12.2 Å². The van der Waals surface area contributed by atoms with Crippen LogP contribution in [0.25, 0.3) is 0 Å². The number of carbonyl (C=O) groups is 2. The van der Waals surface area contributed by atoms with E-state index in [0.717, 1.165) is 57.8 Å². The molecule has 9 nitrogen and oxygen atoms in total. The minimum Gasteiger partial charge on any atom is -0.462 e. The number of hydrogen-bond acceptors (Lipinski definition) is 7. The van der Waals surface area contributed by atoms with Crippen molar-refractivity contribution in [1.29, 1.82) is 0 Å². The second-order valence-electron chi connectivity index (χ2n) is 14.7. The standard InChI is InChI=1S/C41H77O9P/c1-3-5-7-8-9-10-11-12-13-14-15-16-17-18-22-25-29-33-40(42)47-35-37(36-48-51(44,45)46)49-41(43)34-30-26-23-20-19-21-24-28-32-39-38(50-39)31-27-6-4-2/h24,28,37-39H,3-23,25-27,29-36H2,1-2H3,(H2,44,45,46)/b28-24-/t37-,38?,39?/m1/s1. The maximum atomic E-state index is 12.4. The van der Waals surface area contributed by atoms with Crippen LogP contribution in [0.1, 0.15) is 206 Å². The maximum Gasteiger partial charge on any atom is 0.469 e. The minimum absolute atomic E-state index is 0.195. The lowest BCUT2D eigenvalue weighted by Crippen LogP contribution is -2.29. The molecule has 1 saturated heterocycles. The molecule has 1 aliphatic heterocycles. The Labute approximate surface area is 312 Å². The number of esters is 2. The quantitative estimate of drug-likeness (QED) is 0.0208. The van der Waals surface area contributed by atoms with E-state index >= 15 is 0 Å². The summed E-state index contributed by atoms with van der Waals surface area (Å²) in [5, 5.41) is 0. The predicted octanol–water partition coefficient (Wildman–Crippen LogP) is 11.6. The van der Waals surface area contributed by atoms with Crippen molar-refractivity contribution in [2.45, 2.75) is 225 Å². The highest BCUT2D eigenvalue weighted by Gasteiger charge is 2.36. The normalized spacial score (nSPS) is 16.5. The van der Waals surface area contributed by atoms with Gasteiger partial charge in [-0.1, -0.05) is 167 Å². The summed E-state index contributed by atoms with van der Waals surface area (Å²) in [4.78, 5) is 42.9. The molecule has 3 atom stereocenters. The smallest absolute Gasteiger partial charge is 0.462 e. The number of carbonyl (C=O) groups excluding carboxylic acids is 2. The molecule has 0 aliphatic carbocycles. The average Bonchev–Trinajstić information content (AvgIpc) is 3.85. The van der Waals surface area contributed by atoms with Crippen molar-refractivity contribution < 1.29 is 42.7 Å². The molecule has 300 valence electrons. The number of unbranched alkanes of at least 4 members (excludes halogenated alkanes) is 23. The van der Waals surface area contributed by atoms with E-state index < -0.39 is 32.5 Å². The number of allylic oxidation sites excluding steroid dienone is 1. The zero-order chi connectivity index (χ0) is 37.3. The Kier molecular flexibility index (Phi) is 31.2. The van der Waals surface area contributed by atoms with Crippen LogP contribution in [0.5, 0.6) is 0 Å². The Morgan fingerprint density at radius 2 is 1.08 bits per heavy atom. The molecule has 0 aromatic rings. The number of phosphoric ester groups is 1. The molecule has 10 heteroatoms. The molecule has 0 aromatic heterocycles. The van der Waals surface area contributed by atoms with E-state index in [1.54, 1.807) is 0 Å². The largest absolute Gasteiger partial charge is 0.469 e. The molecular weight excluding hydrogens is 667 g/mol. The molecule has 0 amide bonds. The van der Waals surface area contributed by atoms with Gasteiger partial charge in [0, 0.05) is 12.8 Å². The Hall–Kier alpha value is -1.25. The summed E-state index contributed by atoms with van der Waals surface area (Å²) >= 11 is 0. The van der Waals surface area contributed by atoms with Crippen LogP contribution in [-0.4, -0.2) is 53.3 Å². The van der Waals surface area contributed by atoms with Crippen LogP contribution in [0.3, 0.4) is 0 Å². The second-order valence-corrected chi connectivity index (χ2v) is 15.9. The monoisotopic (exact) mass is 745 g/mol. The Morgan fingerprint density at radius 1 is 0.608 bits per heavy atom. The number of epoxide rings is 1. The molecule has 1 rings (SSSR count). The average molecular weight is 745 g/mol. The van der Waals surface area contributed by atoms with Crippen LogP contribution in [-0.2, 0) is 32.9 Å². The van der Waals surface area contributed by atoms with Gasteiger partial charge in [-0.2, -0.15) is 0 Å². The van der Waals surface area contributed by atoms with Crippen molar-refractivity contribution in [1.82, 2.24) is 0 Å². The first-order valence-electron chi connectivity index (χ1n) is 21.1. The lowest BCUT2D eigenvalue weighted by atomic mass is 10.0. The zero-order valence-corrected chi connectivity index (χ0v) is 33.6. The van der Waals surface area contributed by atoms with E-state index in [1.807, 2.05) is 0 Å². The van der Waals surface area contributed by atoms with Crippen molar-refractivity contribution in [2.24, 2.45) is 0 Å². The highest BCUT2D eigenvalue weighted by molar-refractivity contribution is 7.46. The third kappa shape index (κ3) is 33.1. The number of phosphoric acid groups is 1. The number of rotatable bonds is 38. The van der Waals surface area contributed by atoms with Gasteiger partial charge in [-0.3, -0.25) is 14.1 Å². The molecule has 1 fully saturated rings.